The van der Waals surface area contributed by atoms with E-state index in [0.29, 0.717) is 23.0 Å². The van der Waals surface area contributed by atoms with Crippen molar-refractivity contribution in [3.63, 3.8) is 0 Å². The lowest BCUT2D eigenvalue weighted by atomic mass is 9.87. The van der Waals surface area contributed by atoms with Crippen molar-refractivity contribution in [3.8, 4) is 0 Å². The van der Waals surface area contributed by atoms with Gasteiger partial charge in [-0.15, -0.1) is 11.3 Å². The van der Waals surface area contributed by atoms with E-state index in [2.05, 4.69) is 5.32 Å². The Bertz CT molecular complexity index is 653. The highest BCUT2D eigenvalue weighted by Gasteiger charge is 2.21. The molecule has 1 aliphatic carbocycles. The molecule has 3 rings (SSSR count). The van der Waals surface area contributed by atoms with Crippen molar-refractivity contribution >= 4 is 33.0 Å². The summed E-state index contributed by atoms with van der Waals surface area (Å²) in [4.78, 5) is 12.9. The largest absolute Gasteiger partial charge is 0.399 e. The summed E-state index contributed by atoms with van der Waals surface area (Å²) in [6.07, 6.45) is 3.61. The predicted molar refractivity (Wildman–Crippen MR) is 86.5 cm³/mol. The molecule has 0 bridgehead atoms. The Morgan fingerprint density at radius 2 is 2.24 bits per heavy atom. The first-order valence-electron chi connectivity index (χ1n) is 7.37. The number of thiophene rings is 1. The van der Waals surface area contributed by atoms with Crippen LogP contribution in [0.15, 0.2) is 24.3 Å². The molecule has 4 N–H and O–H groups in total. The van der Waals surface area contributed by atoms with Gasteiger partial charge in [0.1, 0.15) is 0 Å². The van der Waals surface area contributed by atoms with Crippen LogP contribution in [0, 0.1) is 5.92 Å². The molecular weight excluding hydrogens is 284 g/mol. The Morgan fingerprint density at radius 1 is 1.38 bits per heavy atom. The van der Waals surface area contributed by atoms with Crippen LogP contribution in [-0.4, -0.2) is 23.7 Å². The standard InChI is InChI=1S/C16H20N2O2S/c17-12-4-5-14-11(7-12)8-15(21-14)16(20)18-9-10-2-1-3-13(19)6-10/h4-5,7-8,10,13,19H,1-3,6,9,17H2,(H,18,20). The van der Waals surface area contributed by atoms with Crippen LogP contribution in [0.2, 0.25) is 0 Å². The van der Waals surface area contributed by atoms with Gasteiger partial charge in [-0.2, -0.15) is 0 Å². The highest BCUT2D eigenvalue weighted by molar-refractivity contribution is 7.20. The zero-order valence-corrected chi connectivity index (χ0v) is 12.7. The summed E-state index contributed by atoms with van der Waals surface area (Å²) in [7, 11) is 0. The van der Waals surface area contributed by atoms with Crippen molar-refractivity contribution < 1.29 is 9.90 Å². The van der Waals surface area contributed by atoms with Gasteiger partial charge in [-0.1, -0.05) is 6.42 Å². The van der Waals surface area contributed by atoms with Gasteiger partial charge in [0.05, 0.1) is 11.0 Å². The van der Waals surface area contributed by atoms with Gasteiger partial charge in [0.2, 0.25) is 0 Å². The first-order chi connectivity index (χ1) is 10.1. The lowest BCUT2D eigenvalue weighted by Gasteiger charge is -2.25. The molecule has 5 heteroatoms. The Hall–Kier alpha value is -1.59. The number of nitrogen functional groups attached to an aromatic ring is 1. The Balaban J connectivity index is 1.63. The molecule has 1 aromatic heterocycles. The van der Waals surface area contributed by atoms with Gasteiger partial charge in [-0.25, -0.2) is 0 Å². The van der Waals surface area contributed by atoms with Gasteiger partial charge in [0.25, 0.3) is 5.91 Å². The van der Waals surface area contributed by atoms with Crippen molar-refractivity contribution in [1.82, 2.24) is 5.32 Å². The van der Waals surface area contributed by atoms with Gasteiger partial charge >= 0.3 is 0 Å². The minimum atomic E-state index is -0.201. The molecular formula is C16H20N2O2S. The fourth-order valence-electron chi connectivity index (χ4n) is 2.95. The number of hydrogen-bond acceptors (Lipinski definition) is 4. The smallest absolute Gasteiger partial charge is 0.261 e. The zero-order chi connectivity index (χ0) is 14.8. The molecule has 1 amide bonds. The van der Waals surface area contributed by atoms with E-state index >= 15 is 0 Å². The monoisotopic (exact) mass is 304 g/mol. The van der Waals surface area contributed by atoms with Crippen LogP contribution in [0.5, 0.6) is 0 Å². The van der Waals surface area contributed by atoms with Crippen LogP contribution >= 0.6 is 11.3 Å². The second kappa shape index (κ2) is 6.03. The highest BCUT2D eigenvalue weighted by atomic mass is 32.1. The quantitative estimate of drug-likeness (QED) is 0.763. The molecule has 2 atom stereocenters. The van der Waals surface area contributed by atoms with Crippen LogP contribution in [0.3, 0.4) is 0 Å². The van der Waals surface area contributed by atoms with Gasteiger partial charge in [-0.05, 0) is 54.8 Å². The van der Waals surface area contributed by atoms with Crippen LogP contribution in [0.25, 0.3) is 10.1 Å². The Labute approximate surface area is 128 Å². The number of aliphatic hydroxyl groups is 1. The molecule has 2 unspecified atom stereocenters. The molecule has 1 aliphatic rings. The maximum Gasteiger partial charge on any atom is 0.261 e. The summed E-state index contributed by atoms with van der Waals surface area (Å²) in [5.74, 6) is 0.359. The van der Waals surface area contributed by atoms with Crippen LogP contribution in [0.1, 0.15) is 35.4 Å². The van der Waals surface area contributed by atoms with Crippen molar-refractivity contribution in [3.05, 3.63) is 29.1 Å². The number of fused-ring (bicyclic) bond motifs is 1. The molecule has 1 saturated carbocycles. The van der Waals surface area contributed by atoms with E-state index < -0.39 is 0 Å². The number of nitrogens with one attached hydrogen (secondary N) is 1. The highest BCUT2D eigenvalue weighted by Crippen LogP contribution is 2.28. The fourth-order valence-corrected chi connectivity index (χ4v) is 3.91. The minimum absolute atomic E-state index is 0.0326. The van der Waals surface area contributed by atoms with E-state index in [1.165, 1.54) is 11.3 Å². The average Bonchev–Trinajstić information content (AvgIpc) is 2.88. The number of carbonyl (C=O) groups is 1. The fraction of sp³-hybridized carbons (Fsp3) is 0.438. The summed E-state index contributed by atoms with van der Waals surface area (Å²) < 4.78 is 1.07. The van der Waals surface area contributed by atoms with E-state index in [4.69, 9.17) is 5.73 Å². The number of nitrogens with two attached hydrogens (primary N) is 1. The summed E-state index contributed by atoms with van der Waals surface area (Å²) in [6.45, 7) is 0.645. The lowest BCUT2D eigenvalue weighted by Crippen LogP contribution is -2.32. The number of rotatable bonds is 3. The molecule has 4 nitrogen and oxygen atoms in total. The molecule has 1 fully saturated rings. The van der Waals surface area contributed by atoms with Gasteiger partial charge in [0, 0.05) is 16.9 Å². The number of amides is 1. The lowest BCUT2D eigenvalue weighted by molar-refractivity contribution is 0.0876. The summed E-state index contributed by atoms with van der Waals surface area (Å²) in [6, 6.07) is 7.58. The van der Waals surface area contributed by atoms with Crippen molar-refractivity contribution in [1.29, 1.82) is 0 Å². The summed E-state index contributed by atoms with van der Waals surface area (Å²) in [5.41, 5.74) is 6.47. The second-order valence-electron chi connectivity index (χ2n) is 5.80. The first-order valence-corrected chi connectivity index (χ1v) is 8.19. The third-order valence-corrected chi connectivity index (χ3v) is 5.19. The van der Waals surface area contributed by atoms with Crippen molar-refractivity contribution in [2.24, 2.45) is 5.92 Å². The van der Waals surface area contributed by atoms with Gasteiger partial charge in [-0.3, -0.25) is 4.79 Å². The van der Waals surface area contributed by atoms with Crippen LogP contribution in [0.4, 0.5) is 5.69 Å². The molecule has 2 aromatic rings. The van der Waals surface area contributed by atoms with Gasteiger partial charge in [0.15, 0.2) is 0 Å². The Morgan fingerprint density at radius 3 is 3.05 bits per heavy atom. The van der Waals surface area contributed by atoms with E-state index in [1.807, 2.05) is 24.3 Å². The Kier molecular flexibility index (Phi) is 4.12. The SMILES string of the molecule is Nc1ccc2sc(C(=O)NCC3CCCC(O)C3)cc2c1. The normalized spacial score (nSPS) is 22.3. The second-order valence-corrected chi connectivity index (χ2v) is 6.89. The van der Waals surface area contributed by atoms with E-state index in [1.54, 1.807) is 0 Å². The molecule has 0 aliphatic heterocycles. The van der Waals surface area contributed by atoms with Gasteiger partial charge < -0.3 is 16.2 Å². The van der Waals surface area contributed by atoms with E-state index in [9.17, 15) is 9.90 Å². The number of aliphatic hydroxyl groups excluding tert-OH is 1. The number of carbonyl (C=O) groups excluding carboxylic acids is 1. The first kappa shape index (κ1) is 14.4. The third-order valence-electron chi connectivity index (χ3n) is 4.07. The predicted octanol–water partition coefficient (Wildman–Crippen LogP) is 2.76. The molecule has 1 heterocycles. The molecule has 1 aromatic carbocycles. The minimum Gasteiger partial charge on any atom is -0.399 e. The number of hydrogen-bond donors (Lipinski definition) is 3. The summed E-state index contributed by atoms with van der Waals surface area (Å²) in [5, 5.41) is 13.7. The number of anilines is 1. The van der Waals surface area contributed by atoms with E-state index in [0.717, 1.165) is 35.8 Å². The zero-order valence-electron chi connectivity index (χ0n) is 11.8. The average molecular weight is 304 g/mol. The topological polar surface area (TPSA) is 75.4 Å². The molecule has 0 spiro atoms. The molecule has 21 heavy (non-hydrogen) atoms. The maximum atomic E-state index is 12.2. The third kappa shape index (κ3) is 3.36. The summed E-state index contributed by atoms with van der Waals surface area (Å²) >= 11 is 1.48. The van der Waals surface area contributed by atoms with Crippen LogP contribution in [-0.2, 0) is 0 Å². The maximum absolute atomic E-state index is 12.2. The molecule has 0 saturated heterocycles. The molecule has 0 radical (unpaired) electrons. The number of benzene rings is 1. The van der Waals surface area contributed by atoms with Crippen LogP contribution < -0.4 is 11.1 Å². The molecule has 112 valence electrons. The van der Waals surface area contributed by atoms with Crippen molar-refractivity contribution in [2.45, 2.75) is 31.8 Å². The van der Waals surface area contributed by atoms with Crippen molar-refractivity contribution in [2.75, 3.05) is 12.3 Å². The van der Waals surface area contributed by atoms with E-state index in [-0.39, 0.29) is 12.0 Å².